The minimum atomic E-state index is -0.857. The monoisotopic (exact) mass is 201 g/mol. The van der Waals surface area contributed by atoms with Gasteiger partial charge in [0.25, 0.3) is 0 Å². The van der Waals surface area contributed by atoms with Crippen molar-refractivity contribution in [3.8, 4) is 0 Å². The van der Waals surface area contributed by atoms with E-state index < -0.39 is 5.97 Å². The van der Waals surface area contributed by atoms with E-state index in [1.807, 2.05) is 13.8 Å². The van der Waals surface area contributed by atoms with E-state index in [1.54, 1.807) is 6.92 Å². The molecule has 0 aliphatic heterocycles. The fourth-order valence-corrected chi connectivity index (χ4v) is 1.25. The lowest BCUT2D eigenvalue weighted by atomic mass is 10.0. The Hall–Kier alpha value is -0.900. The summed E-state index contributed by atoms with van der Waals surface area (Å²) in [6, 6.07) is -0.111. The molecule has 4 nitrogen and oxygen atoms in total. The van der Waals surface area contributed by atoms with Crippen molar-refractivity contribution in [2.45, 2.75) is 52.1 Å². The molecule has 0 unspecified atom stereocenters. The molecule has 0 aliphatic rings. The van der Waals surface area contributed by atoms with Crippen LogP contribution in [0.4, 0.5) is 0 Å². The van der Waals surface area contributed by atoms with Crippen LogP contribution in [0.3, 0.4) is 0 Å². The van der Waals surface area contributed by atoms with Crippen molar-refractivity contribution in [1.29, 1.82) is 0 Å². The van der Waals surface area contributed by atoms with Crippen LogP contribution in [0.1, 0.15) is 40.0 Å². The van der Waals surface area contributed by atoms with Crippen molar-refractivity contribution >= 4 is 11.8 Å². The predicted molar refractivity (Wildman–Crippen MR) is 54.2 cm³/mol. The molecule has 0 rings (SSSR count). The van der Waals surface area contributed by atoms with Gasteiger partial charge in [-0.05, 0) is 6.42 Å². The first kappa shape index (κ1) is 13.1. The number of carboxylic acid groups (broad SMARTS) is 1. The van der Waals surface area contributed by atoms with Crippen LogP contribution >= 0.6 is 0 Å². The quantitative estimate of drug-likeness (QED) is 0.649. The van der Waals surface area contributed by atoms with Crippen LogP contribution in [0, 0.1) is 0 Å². The molecule has 0 amide bonds. The summed E-state index contributed by atoms with van der Waals surface area (Å²) in [5.41, 5.74) is 0. The van der Waals surface area contributed by atoms with Crippen LogP contribution in [0.15, 0.2) is 0 Å². The number of rotatable bonds is 7. The zero-order valence-electron chi connectivity index (χ0n) is 9.04. The summed E-state index contributed by atoms with van der Waals surface area (Å²) >= 11 is 0. The van der Waals surface area contributed by atoms with E-state index in [9.17, 15) is 9.59 Å². The highest BCUT2D eigenvalue weighted by molar-refractivity contribution is 5.84. The van der Waals surface area contributed by atoms with Gasteiger partial charge in [0.2, 0.25) is 0 Å². The van der Waals surface area contributed by atoms with Gasteiger partial charge in [0.1, 0.15) is 5.78 Å². The summed E-state index contributed by atoms with van der Waals surface area (Å²) in [6.07, 6.45) is 0.861. The number of hydrogen-bond donors (Lipinski definition) is 2. The molecule has 14 heavy (non-hydrogen) atoms. The third-order valence-corrected chi connectivity index (χ3v) is 1.92. The maximum atomic E-state index is 11.4. The minimum absolute atomic E-state index is 0.0378. The third kappa shape index (κ3) is 5.70. The van der Waals surface area contributed by atoms with Crippen molar-refractivity contribution < 1.29 is 14.7 Å². The number of ketones is 1. The fraction of sp³-hybridized carbons (Fsp3) is 0.800. The Bertz CT molecular complexity index is 202. The summed E-state index contributed by atoms with van der Waals surface area (Å²) in [5.74, 6) is -0.774. The van der Waals surface area contributed by atoms with Gasteiger partial charge in [0.05, 0.1) is 6.04 Å². The van der Waals surface area contributed by atoms with E-state index in [0.29, 0.717) is 12.8 Å². The highest BCUT2D eigenvalue weighted by atomic mass is 16.4. The molecule has 4 heteroatoms. The first-order chi connectivity index (χ1) is 6.47. The fourth-order valence-electron chi connectivity index (χ4n) is 1.25. The molecule has 0 spiro atoms. The average Bonchev–Trinajstić information content (AvgIpc) is 2.10. The molecule has 0 aromatic carbocycles. The average molecular weight is 201 g/mol. The Kier molecular flexibility index (Phi) is 6.12. The zero-order valence-corrected chi connectivity index (χ0v) is 9.04. The lowest BCUT2D eigenvalue weighted by Gasteiger charge is -2.18. The molecule has 0 fully saturated rings. The molecule has 0 aromatic heterocycles. The highest BCUT2D eigenvalue weighted by Crippen LogP contribution is 2.02. The topological polar surface area (TPSA) is 66.4 Å². The third-order valence-electron chi connectivity index (χ3n) is 1.92. The Balaban J connectivity index is 4.10. The minimum Gasteiger partial charge on any atom is -0.481 e. The van der Waals surface area contributed by atoms with E-state index in [1.165, 1.54) is 0 Å². The predicted octanol–water partition coefficient (Wildman–Crippen LogP) is 1.20. The molecular formula is C10H19NO3. The number of carbonyl (C=O) groups is 2. The Labute approximate surface area is 84.7 Å². The van der Waals surface area contributed by atoms with E-state index in [0.717, 1.165) is 0 Å². The van der Waals surface area contributed by atoms with Crippen LogP contribution in [0.25, 0.3) is 0 Å². The van der Waals surface area contributed by atoms with E-state index in [-0.39, 0.29) is 24.3 Å². The summed E-state index contributed by atoms with van der Waals surface area (Å²) in [7, 11) is 0. The maximum absolute atomic E-state index is 11.4. The van der Waals surface area contributed by atoms with Gasteiger partial charge < -0.3 is 10.4 Å². The number of aliphatic carboxylic acids is 1. The largest absolute Gasteiger partial charge is 0.481 e. The normalized spacial score (nSPS) is 12.9. The van der Waals surface area contributed by atoms with Crippen molar-refractivity contribution in [3.63, 3.8) is 0 Å². The summed E-state index contributed by atoms with van der Waals surface area (Å²) in [5, 5.41) is 11.6. The van der Waals surface area contributed by atoms with E-state index >= 15 is 0 Å². The van der Waals surface area contributed by atoms with Crippen LogP contribution in [0.5, 0.6) is 0 Å². The molecule has 0 aromatic rings. The number of nitrogens with one attached hydrogen (secondary N) is 1. The highest BCUT2D eigenvalue weighted by Gasteiger charge is 2.17. The maximum Gasteiger partial charge on any atom is 0.303 e. The van der Waals surface area contributed by atoms with Crippen LogP contribution < -0.4 is 5.32 Å². The zero-order chi connectivity index (χ0) is 11.1. The molecule has 0 saturated heterocycles. The SMILES string of the molecule is CCC(=O)[C@@H](CCC(=O)O)NC(C)C. The van der Waals surface area contributed by atoms with Gasteiger partial charge in [0.15, 0.2) is 0 Å². The van der Waals surface area contributed by atoms with E-state index in [2.05, 4.69) is 5.32 Å². The van der Waals surface area contributed by atoms with Gasteiger partial charge in [-0.1, -0.05) is 20.8 Å². The van der Waals surface area contributed by atoms with Gasteiger partial charge in [-0.25, -0.2) is 0 Å². The number of Topliss-reactive ketones (excluding diaryl/α,β-unsaturated/α-hetero) is 1. The molecule has 0 heterocycles. The van der Waals surface area contributed by atoms with Crippen LogP contribution in [-0.4, -0.2) is 28.9 Å². The Morgan fingerprint density at radius 3 is 2.29 bits per heavy atom. The van der Waals surface area contributed by atoms with E-state index in [4.69, 9.17) is 5.11 Å². The second-order valence-corrected chi connectivity index (χ2v) is 3.63. The molecule has 0 radical (unpaired) electrons. The smallest absolute Gasteiger partial charge is 0.303 e. The molecule has 1 atom stereocenters. The van der Waals surface area contributed by atoms with Gasteiger partial charge >= 0.3 is 5.97 Å². The molecule has 0 bridgehead atoms. The standard InChI is InChI=1S/C10H19NO3/c1-4-9(12)8(11-7(2)3)5-6-10(13)14/h7-8,11H,4-6H2,1-3H3,(H,13,14)/t8-/m1/s1. The van der Waals surface area contributed by atoms with Crippen LogP contribution in [0.2, 0.25) is 0 Å². The molecule has 82 valence electrons. The number of hydrogen-bond acceptors (Lipinski definition) is 3. The second-order valence-electron chi connectivity index (χ2n) is 3.63. The molecule has 0 saturated carbocycles. The molecule has 2 N–H and O–H groups in total. The summed E-state index contributed by atoms with van der Waals surface area (Å²) in [6.45, 7) is 5.67. The Morgan fingerprint density at radius 2 is 1.93 bits per heavy atom. The first-order valence-corrected chi connectivity index (χ1v) is 4.98. The van der Waals surface area contributed by atoms with Gasteiger partial charge in [-0.15, -0.1) is 0 Å². The van der Waals surface area contributed by atoms with Gasteiger partial charge in [0, 0.05) is 18.9 Å². The second kappa shape index (κ2) is 6.54. The van der Waals surface area contributed by atoms with Crippen molar-refractivity contribution in [1.82, 2.24) is 5.32 Å². The first-order valence-electron chi connectivity index (χ1n) is 4.98. The lowest BCUT2D eigenvalue weighted by Crippen LogP contribution is -2.40. The summed E-state index contributed by atoms with van der Waals surface area (Å²) < 4.78 is 0. The van der Waals surface area contributed by atoms with Crippen molar-refractivity contribution in [2.75, 3.05) is 0 Å². The Morgan fingerprint density at radius 1 is 1.36 bits per heavy atom. The van der Waals surface area contributed by atoms with Crippen molar-refractivity contribution in [3.05, 3.63) is 0 Å². The van der Waals surface area contributed by atoms with Gasteiger partial charge in [-0.3, -0.25) is 9.59 Å². The molecule has 0 aliphatic carbocycles. The van der Waals surface area contributed by atoms with Gasteiger partial charge in [-0.2, -0.15) is 0 Å². The number of carbonyl (C=O) groups excluding carboxylic acids is 1. The number of carboxylic acids is 1. The molecular weight excluding hydrogens is 182 g/mol. The lowest BCUT2D eigenvalue weighted by molar-refractivity contribution is -0.137. The summed E-state index contributed by atoms with van der Waals surface area (Å²) in [4.78, 5) is 21.8. The van der Waals surface area contributed by atoms with Crippen molar-refractivity contribution in [2.24, 2.45) is 0 Å². The van der Waals surface area contributed by atoms with Crippen LogP contribution in [-0.2, 0) is 9.59 Å².